The second-order valence-electron chi connectivity index (χ2n) is 11.6. The van der Waals surface area contributed by atoms with Gasteiger partial charge in [-0.15, -0.1) is 0 Å². The number of aryl methyl sites for hydroxylation is 1. The molecule has 3 aliphatic rings. The number of sulfonamides is 1. The molecule has 1 saturated heterocycles. The van der Waals surface area contributed by atoms with E-state index < -0.39 is 20.6 Å². The highest BCUT2D eigenvalue weighted by atomic mass is 32.2. The van der Waals surface area contributed by atoms with Crippen molar-refractivity contribution in [3.05, 3.63) is 69.3 Å². The Labute approximate surface area is 257 Å². The number of ether oxygens (including phenoxy) is 2. The molecular weight excluding hydrogens is 586 g/mol. The maximum absolute atomic E-state index is 13.3. The zero-order chi connectivity index (χ0) is 31.3. The third kappa shape index (κ3) is 7.83. The fraction of sp³-hybridized carbons (Fsp3) is 0.500. The molecule has 1 heterocycles. The molecule has 3 fully saturated rings. The molecule has 0 spiro atoms. The number of nitro groups is 1. The van der Waals surface area contributed by atoms with Crippen LogP contribution in [0, 0.1) is 33.8 Å². The van der Waals surface area contributed by atoms with Gasteiger partial charge in [-0.2, -0.15) is 0 Å². The molecule has 1 N–H and O–H groups in total. The van der Waals surface area contributed by atoms with Gasteiger partial charge in [0.2, 0.25) is 15.9 Å². The van der Waals surface area contributed by atoms with Gasteiger partial charge in [0, 0.05) is 36.6 Å². The Kier molecular flexibility index (Phi) is 9.98. The van der Waals surface area contributed by atoms with Crippen molar-refractivity contribution < 1.29 is 32.4 Å². The lowest BCUT2D eigenvalue weighted by Crippen LogP contribution is -2.52. The molecule has 44 heavy (non-hydrogen) atoms. The number of methoxy groups -OCH3 is 1. The highest BCUT2D eigenvalue weighted by Gasteiger charge is 2.41. The van der Waals surface area contributed by atoms with E-state index in [4.69, 9.17) is 4.74 Å². The minimum absolute atomic E-state index is 0.0929. The maximum Gasteiger partial charge on any atom is 0.305 e. The van der Waals surface area contributed by atoms with Crippen molar-refractivity contribution in [2.75, 3.05) is 26.9 Å². The number of morpholine rings is 1. The fourth-order valence-corrected chi connectivity index (χ4v) is 7.25. The summed E-state index contributed by atoms with van der Waals surface area (Å²) in [4.78, 5) is 37.6. The largest absolute Gasteiger partial charge is 0.469 e. The molecule has 2 aromatic rings. The van der Waals surface area contributed by atoms with Gasteiger partial charge >= 0.3 is 5.97 Å². The molecule has 1 unspecified atom stereocenters. The summed E-state index contributed by atoms with van der Waals surface area (Å²) in [7, 11) is -2.70. The second-order valence-corrected chi connectivity index (χ2v) is 13.4. The molecule has 2 aliphatic carbocycles. The van der Waals surface area contributed by atoms with Crippen molar-refractivity contribution in [3.63, 3.8) is 0 Å². The molecule has 1 atom stereocenters. The van der Waals surface area contributed by atoms with E-state index in [1.807, 2.05) is 17.0 Å². The van der Waals surface area contributed by atoms with Gasteiger partial charge in [-0.05, 0) is 80.7 Å². The van der Waals surface area contributed by atoms with Crippen molar-refractivity contribution in [1.82, 2.24) is 9.62 Å². The van der Waals surface area contributed by atoms with Crippen LogP contribution in [-0.4, -0.2) is 69.1 Å². The number of hydrogen-bond donors (Lipinski definition) is 1. The number of nitrogens with zero attached hydrogens (tertiary/aromatic N) is 2. The van der Waals surface area contributed by atoms with Crippen LogP contribution in [0.2, 0.25) is 0 Å². The van der Waals surface area contributed by atoms with Crippen LogP contribution >= 0.6 is 0 Å². The topological polar surface area (TPSA) is 145 Å². The summed E-state index contributed by atoms with van der Waals surface area (Å²) in [6, 6.07) is 10.6. The predicted octanol–water partition coefficient (Wildman–Crippen LogP) is 3.57. The summed E-state index contributed by atoms with van der Waals surface area (Å²) >= 11 is 0. The third-order valence-corrected chi connectivity index (χ3v) is 10.1. The van der Waals surface area contributed by atoms with Crippen LogP contribution in [0.1, 0.15) is 61.6 Å². The Balaban J connectivity index is 1.20. The van der Waals surface area contributed by atoms with Crippen molar-refractivity contribution >= 4 is 27.6 Å². The van der Waals surface area contributed by atoms with Crippen LogP contribution in [0.15, 0.2) is 47.4 Å². The van der Waals surface area contributed by atoms with E-state index in [0.717, 1.165) is 24.5 Å². The summed E-state index contributed by atoms with van der Waals surface area (Å²) < 4.78 is 39.4. The van der Waals surface area contributed by atoms with Gasteiger partial charge in [-0.25, -0.2) is 13.1 Å². The average Bonchev–Trinajstić information content (AvgIpc) is 3.88. The number of amides is 1. The van der Waals surface area contributed by atoms with Crippen LogP contribution in [0.4, 0.5) is 5.69 Å². The Morgan fingerprint density at radius 3 is 2.45 bits per heavy atom. The molecule has 0 bridgehead atoms. The van der Waals surface area contributed by atoms with Gasteiger partial charge in [0.15, 0.2) is 0 Å². The first kappa shape index (κ1) is 31.6. The van der Waals surface area contributed by atoms with E-state index in [-0.39, 0.29) is 46.8 Å². The zero-order valence-electron chi connectivity index (χ0n) is 24.7. The number of esters is 1. The van der Waals surface area contributed by atoms with E-state index in [2.05, 4.69) is 21.3 Å². The first-order chi connectivity index (χ1) is 21.1. The molecule has 1 amide bonds. The van der Waals surface area contributed by atoms with Crippen LogP contribution in [0.25, 0.3) is 0 Å². The number of hydrogen-bond acceptors (Lipinski definition) is 8. The van der Waals surface area contributed by atoms with Crippen LogP contribution in [0.5, 0.6) is 0 Å². The normalized spacial score (nSPS) is 22.0. The molecule has 11 nitrogen and oxygen atoms in total. The van der Waals surface area contributed by atoms with Gasteiger partial charge in [-0.3, -0.25) is 19.7 Å². The molecule has 0 radical (unpaired) electrons. The fourth-order valence-electron chi connectivity index (χ4n) is 5.93. The number of carbonyl (C=O) groups is 2. The first-order valence-electron chi connectivity index (χ1n) is 15.0. The predicted molar refractivity (Wildman–Crippen MR) is 161 cm³/mol. The van der Waals surface area contributed by atoms with Gasteiger partial charge in [0.05, 0.1) is 36.2 Å². The standard InChI is InChI=1S/C32H37N3O8S/c1-42-31(36)17-7-23-4-2-22(3-5-23)6-8-24-13-16-28(20-29(24)35(38)39)44(40,41)33-27-14-11-26(12-15-27)32(37)34-18-19-43-21-30(34)25-9-10-25/h2-5,13,16,20,25-27,30,33H,7,9-12,14-15,17-19,21H2,1H3. The minimum Gasteiger partial charge on any atom is -0.469 e. The monoisotopic (exact) mass is 623 g/mol. The highest BCUT2D eigenvalue weighted by Crippen LogP contribution is 2.38. The Morgan fingerprint density at radius 2 is 1.80 bits per heavy atom. The quantitative estimate of drug-likeness (QED) is 0.193. The lowest BCUT2D eigenvalue weighted by molar-refractivity contribution is -0.385. The molecule has 12 heteroatoms. The summed E-state index contributed by atoms with van der Waals surface area (Å²) in [5.41, 5.74) is 1.23. The highest BCUT2D eigenvalue weighted by molar-refractivity contribution is 7.89. The van der Waals surface area contributed by atoms with E-state index in [0.29, 0.717) is 63.3 Å². The summed E-state index contributed by atoms with van der Waals surface area (Å²) in [6.07, 6.45) is 5.24. The number of carbonyl (C=O) groups excluding carboxylic acids is 2. The summed E-state index contributed by atoms with van der Waals surface area (Å²) in [5.74, 6) is 5.91. The number of benzene rings is 2. The lowest BCUT2D eigenvalue weighted by atomic mass is 9.85. The molecule has 234 valence electrons. The minimum atomic E-state index is -4.04. The number of nitro benzene ring substituents is 1. The van der Waals surface area contributed by atoms with Crippen molar-refractivity contribution in [2.45, 2.75) is 68.3 Å². The van der Waals surface area contributed by atoms with E-state index in [1.165, 1.54) is 19.2 Å². The molecule has 5 rings (SSSR count). The zero-order valence-corrected chi connectivity index (χ0v) is 25.5. The van der Waals surface area contributed by atoms with E-state index >= 15 is 0 Å². The third-order valence-electron chi connectivity index (χ3n) is 8.63. The Morgan fingerprint density at radius 1 is 1.07 bits per heavy atom. The van der Waals surface area contributed by atoms with Crippen molar-refractivity contribution in [2.24, 2.45) is 11.8 Å². The van der Waals surface area contributed by atoms with Crippen molar-refractivity contribution in [3.8, 4) is 11.8 Å². The first-order valence-corrected chi connectivity index (χ1v) is 16.5. The Bertz CT molecular complexity index is 1550. The summed E-state index contributed by atoms with van der Waals surface area (Å²) in [5, 5.41) is 11.8. The molecule has 1 aliphatic heterocycles. The van der Waals surface area contributed by atoms with Crippen LogP contribution in [0.3, 0.4) is 0 Å². The van der Waals surface area contributed by atoms with Gasteiger partial charge in [0.25, 0.3) is 5.69 Å². The van der Waals surface area contributed by atoms with Crippen molar-refractivity contribution in [1.29, 1.82) is 0 Å². The van der Waals surface area contributed by atoms with Gasteiger partial charge in [0.1, 0.15) is 5.56 Å². The smallest absolute Gasteiger partial charge is 0.305 e. The maximum atomic E-state index is 13.3. The average molecular weight is 624 g/mol. The molecule has 0 aromatic heterocycles. The summed E-state index contributed by atoms with van der Waals surface area (Å²) in [6.45, 7) is 1.75. The van der Waals surface area contributed by atoms with Crippen LogP contribution < -0.4 is 4.72 Å². The molecular formula is C32H37N3O8S. The number of nitrogens with one attached hydrogen (secondary N) is 1. The van der Waals surface area contributed by atoms with Gasteiger partial charge < -0.3 is 14.4 Å². The van der Waals surface area contributed by atoms with E-state index in [9.17, 15) is 28.1 Å². The molecule has 2 saturated carbocycles. The van der Waals surface area contributed by atoms with E-state index in [1.54, 1.807) is 12.1 Å². The SMILES string of the molecule is COC(=O)CCc1ccc(C#Cc2ccc(S(=O)(=O)NC3CCC(C(=O)N4CCOCC4C4CC4)CC3)cc2[N+](=O)[O-])cc1. The lowest BCUT2D eigenvalue weighted by Gasteiger charge is -2.39. The number of rotatable bonds is 9. The second kappa shape index (κ2) is 13.9. The van der Waals surface area contributed by atoms with Gasteiger partial charge in [-0.1, -0.05) is 24.0 Å². The molecule has 2 aromatic carbocycles. The van der Waals surface area contributed by atoms with Crippen LogP contribution in [-0.2, 0) is 35.5 Å². The Hall–Kier alpha value is -3.79.